The molecular formula is C26H24BrNO4S. The maximum absolute atomic E-state index is 14.0. The number of carbonyl (C=O) groups excluding carboxylic acids is 1. The van der Waals surface area contributed by atoms with Gasteiger partial charge in [0.05, 0.1) is 29.2 Å². The number of esters is 1. The van der Waals surface area contributed by atoms with Crippen molar-refractivity contribution in [3.05, 3.63) is 112 Å². The van der Waals surface area contributed by atoms with E-state index in [9.17, 15) is 13.2 Å². The van der Waals surface area contributed by atoms with Crippen LogP contribution >= 0.6 is 15.9 Å². The van der Waals surface area contributed by atoms with Crippen LogP contribution in [-0.2, 0) is 19.6 Å². The Bertz CT molecular complexity index is 1270. The lowest BCUT2D eigenvalue weighted by atomic mass is 10.0. The van der Waals surface area contributed by atoms with E-state index in [0.29, 0.717) is 11.1 Å². The van der Waals surface area contributed by atoms with E-state index in [1.807, 2.05) is 61.5 Å². The topological polar surface area (TPSA) is 63.7 Å². The quantitative estimate of drug-likeness (QED) is 0.385. The van der Waals surface area contributed by atoms with Crippen LogP contribution in [0.2, 0.25) is 0 Å². The molecular weight excluding hydrogens is 502 g/mol. The van der Waals surface area contributed by atoms with Crippen LogP contribution in [-0.4, -0.2) is 25.3 Å². The van der Waals surface area contributed by atoms with Gasteiger partial charge in [0, 0.05) is 4.47 Å². The summed E-state index contributed by atoms with van der Waals surface area (Å²) in [6.45, 7) is 3.84. The van der Waals surface area contributed by atoms with Crippen molar-refractivity contribution in [1.29, 1.82) is 0 Å². The molecule has 5 nitrogen and oxygen atoms in total. The predicted molar refractivity (Wildman–Crippen MR) is 131 cm³/mol. The normalized spacial score (nSPS) is 18.7. The van der Waals surface area contributed by atoms with Crippen molar-refractivity contribution in [2.75, 3.05) is 6.61 Å². The molecule has 170 valence electrons. The van der Waals surface area contributed by atoms with E-state index in [-0.39, 0.29) is 11.5 Å². The van der Waals surface area contributed by atoms with Crippen molar-refractivity contribution in [2.24, 2.45) is 0 Å². The van der Waals surface area contributed by atoms with E-state index >= 15 is 0 Å². The minimum atomic E-state index is -3.98. The molecule has 4 rings (SSSR count). The number of carbonyl (C=O) groups is 1. The summed E-state index contributed by atoms with van der Waals surface area (Å²) in [6.07, 6.45) is 1.71. The molecule has 0 radical (unpaired) electrons. The van der Waals surface area contributed by atoms with Gasteiger partial charge in [-0.25, -0.2) is 13.2 Å². The second-order valence-electron chi connectivity index (χ2n) is 7.80. The number of hydrogen-bond donors (Lipinski definition) is 0. The third-order valence-corrected chi connectivity index (χ3v) is 7.98. The van der Waals surface area contributed by atoms with Gasteiger partial charge in [0.2, 0.25) is 10.0 Å². The number of rotatable bonds is 6. The fraction of sp³-hybridized carbons (Fsp3) is 0.192. The van der Waals surface area contributed by atoms with Crippen LogP contribution < -0.4 is 0 Å². The van der Waals surface area contributed by atoms with Crippen LogP contribution in [0.5, 0.6) is 0 Å². The van der Waals surface area contributed by atoms with Gasteiger partial charge in [-0.05, 0) is 55.3 Å². The molecule has 0 N–H and O–H groups in total. The Hall–Kier alpha value is -2.74. The average Bonchev–Trinajstić information content (AvgIpc) is 3.22. The first kappa shape index (κ1) is 23.4. The van der Waals surface area contributed by atoms with E-state index in [4.69, 9.17) is 4.74 Å². The molecule has 33 heavy (non-hydrogen) atoms. The highest BCUT2D eigenvalue weighted by atomic mass is 79.9. The monoisotopic (exact) mass is 525 g/mol. The Balaban J connectivity index is 1.93. The van der Waals surface area contributed by atoms with Gasteiger partial charge in [-0.3, -0.25) is 0 Å². The lowest BCUT2D eigenvalue weighted by Gasteiger charge is -2.31. The van der Waals surface area contributed by atoms with E-state index < -0.39 is 28.1 Å². The summed E-state index contributed by atoms with van der Waals surface area (Å²) < 4.78 is 35.7. The summed E-state index contributed by atoms with van der Waals surface area (Å²) in [7, 11) is -3.98. The van der Waals surface area contributed by atoms with Gasteiger partial charge >= 0.3 is 5.97 Å². The fourth-order valence-electron chi connectivity index (χ4n) is 4.01. The molecule has 0 saturated carbocycles. The number of halogens is 1. The number of aryl methyl sites for hydroxylation is 1. The molecule has 1 aliphatic heterocycles. The molecule has 7 heteroatoms. The zero-order valence-corrected chi connectivity index (χ0v) is 20.7. The zero-order chi connectivity index (χ0) is 23.6. The number of sulfonamides is 1. The average molecular weight is 526 g/mol. The Morgan fingerprint density at radius 1 is 0.939 bits per heavy atom. The molecule has 0 amide bonds. The van der Waals surface area contributed by atoms with Crippen molar-refractivity contribution in [3.63, 3.8) is 0 Å². The summed E-state index contributed by atoms with van der Waals surface area (Å²) in [5, 5.41) is 0. The fourth-order valence-corrected chi connectivity index (χ4v) is 5.99. The van der Waals surface area contributed by atoms with Crippen molar-refractivity contribution in [2.45, 2.75) is 30.8 Å². The number of ether oxygens (including phenoxy) is 1. The summed E-state index contributed by atoms with van der Waals surface area (Å²) in [5.74, 6) is -0.518. The second kappa shape index (κ2) is 9.63. The van der Waals surface area contributed by atoms with Crippen LogP contribution in [0, 0.1) is 6.92 Å². The second-order valence-corrected chi connectivity index (χ2v) is 10.6. The smallest absolute Gasteiger partial charge is 0.335 e. The van der Waals surface area contributed by atoms with Gasteiger partial charge in [0.25, 0.3) is 0 Å². The highest BCUT2D eigenvalue weighted by molar-refractivity contribution is 9.10. The van der Waals surface area contributed by atoms with E-state index in [0.717, 1.165) is 15.6 Å². The van der Waals surface area contributed by atoms with Crippen LogP contribution in [0.15, 0.2) is 99.9 Å². The van der Waals surface area contributed by atoms with Crippen LogP contribution in [0.4, 0.5) is 0 Å². The Labute approximate surface area is 202 Å². The summed E-state index contributed by atoms with van der Waals surface area (Å²) in [5.41, 5.74) is 2.73. The molecule has 3 aromatic rings. The summed E-state index contributed by atoms with van der Waals surface area (Å²) >= 11 is 3.43. The molecule has 0 saturated heterocycles. The molecule has 0 bridgehead atoms. The van der Waals surface area contributed by atoms with Gasteiger partial charge in [-0.1, -0.05) is 76.1 Å². The standard InChI is InChI=1S/C26H24BrNO4S/c1-3-32-26(29)23-17-24(19-11-13-21(27)14-12-19)28(25(23)20-7-5-4-6-8-20)33(30,31)22-15-9-18(2)10-16-22/h4-17,24-25H,3H2,1-2H3/t24-,25-/m0/s1. The number of hydrogen-bond acceptors (Lipinski definition) is 4. The lowest BCUT2D eigenvalue weighted by molar-refractivity contribution is -0.138. The van der Waals surface area contributed by atoms with Crippen molar-refractivity contribution in [1.82, 2.24) is 4.31 Å². The minimum absolute atomic E-state index is 0.176. The Kier molecular flexibility index (Phi) is 6.83. The first-order chi connectivity index (χ1) is 15.8. The van der Waals surface area contributed by atoms with Gasteiger partial charge < -0.3 is 4.74 Å². The SMILES string of the molecule is CCOC(=O)C1=C[C@@H](c2ccc(Br)cc2)N(S(=O)(=O)c2ccc(C)cc2)[C@H]1c1ccccc1. The molecule has 3 aromatic carbocycles. The molecule has 0 unspecified atom stereocenters. The molecule has 1 aliphatic rings. The Morgan fingerprint density at radius 2 is 1.58 bits per heavy atom. The van der Waals surface area contributed by atoms with Gasteiger partial charge in [0.1, 0.15) is 0 Å². The van der Waals surface area contributed by atoms with Crippen molar-refractivity contribution in [3.8, 4) is 0 Å². The minimum Gasteiger partial charge on any atom is -0.463 e. The van der Waals surface area contributed by atoms with Crippen molar-refractivity contribution < 1.29 is 17.9 Å². The van der Waals surface area contributed by atoms with E-state index in [1.54, 1.807) is 37.3 Å². The highest BCUT2D eigenvalue weighted by Gasteiger charge is 2.46. The first-order valence-corrected chi connectivity index (χ1v) is 12.9. The molecule has 2 atom stereocenters. The Morgan fingerprint density at radius 3 is 2.18 bits per heavy atom. The van der Waals surface area contributed by atoms with Gasteiger partial charge in [-0.2, -0.15) is 4.31 Å². The summed E-state index contributed by atoms with van der Waals surface area (Å²) in [4.78, 5) is 13.2. The maximum atomic E-state index is 14.0. The van der Waals surface area contributed by atoms with Crippen LogP contribution in [0.25, 0.3) is 0 Å². The third-order valence-electron chi connectivity index (χ3n) is 5.60. The van der Waals surface area contributed by atoms with Gasteiger partial charge in [0.15, 0.2) is 0 Å². The first-order valence-electron chi connectivity index (χ1n) is 10.6. The largest absolute Gasteiger partial charge is 0.463 e. The number of benzene rings is 3. The van der Waals surface area contributed by atoms with E-state index in [1.165, 1.54) is 4.31 Å². The van der Waals surface area contributed by atoms with Gasteiger partial charge in [-0.15, -0.1) is 0 Å². The summed E-state index contributed by atoms with van der Waals surface area (Å²) in [6, 6.07) is 21.9. The third kappa shape index (κ3) is 4.67. The molecule has 0 aliphatic carbocycles. The maximum Gasteiger partial charge on any atom is 0.335 e. The van der Waals surface area contributed by atoms with Crippen LogP contribution in [0.1, 0.15) is 35.7 Å². The lowest BCUT2D eigenvalue weighted by Crippen LogP contribution is -2.35. The molecule has 1 heterocycles. The van der Waals surface area contributed by atoms with E-state index in [2.05, 4.69) is 15.9 Å². The molecule has 0 fully saturated rings. The van der Waals surface area contributed by atoms with Crippen molar-refractivity contribution >= 4 is 31.9 Å². The van der Waals surface area contributed by atoms with Crippen LogP contribution in [0.3, 0.4) is 0 Å². The molecule has 0 spiro atoms. The molecule has 0 aromatic heterocycles. The number of nitrogens with zero attached hydrogens (tertiary/aromatic N) is 1. The zero-order valence-electron chi connectivity index (χ0n) is 18.3. The highest BCUT2D eigenvalue weighted by Crippen LogP contribution is 2.47. The predicted octanol–water partition coefficient (Wildman–Crippen LogP) is 5.73.